The van der Waals surface area contributed by atoms with E-state index < -0.39 is 27.2 Å². The summed E-state index contributed by atoms with van der Waals surface area (Å²) in [6.07, 6.45) is 0.524. The summed E-state index contributed by atoms with van der Waals surface area (Å²) in [6.45, 7) is 0. The molecule has 1 fully saturated rings. The number of halogens is 1. The first-order valence-corrected chi connectivity index (χ1v) is 12.5. The number of rotatable bonds is 6. The van der Waals surface area contributed by atoms with Crippen molar-refractivity contribution in [1.82, 2.24) is 0 Å². The Balaban J connectivity index is 1.62. The number of para-hydroxylation sites is 3. The number of fused-ring (bicyclic) bond motifs is 3. The first-order chi connectivity index (χ1) is 17.3. The van der Waals surface area contributed by atoms with Gasteiger partial charge in [-0.1, -0.05) is 42.5 Å². The number of hydrogen-bond acceptors (Lipinski definition) is 7. The third-order valence-corrected chi connectivity index (χ3v) is 9.00. The lowest BCUT2D eigenvalue weighted by molar-refractivity contribution is -0.387. The SMILES string of the molecule is O=C(O)c1cccc2c1N[C@H](c1ccccc1[N+](=O)[O-])[C@@H]1C[C@H](Sc3ccccc3[N+](=O)[O-])[C@H](Cl)[C@@H]21. The minimum absolute atomic E-state index is 0.0109. The highest BCUT2D eigenvalue weighted by molar-refractivity contribution is 8.00. The predicted molar refractivity (Wildman–Crippen MR) is 136 cm³/mol. The maximum atomic E-state index is 12.0. The molecule has 0 unspecified atom stereocenters. The summed E-state index contributed by atoms with van der Waals surface area (Å²) in [5.74, 6) is -1.63. The summed E-state index contributed by atoms with van der Waals surface area (Å²) in [4.78, 5) is 35.0. The molecule has 1 saturated carbocycles. The van der Waals surface area contributed by atoms with Crippen LogP contribution in [-0.2, 0) is 0 Å². The first-order valence-electron chi connectivity index (χ1n) is 11.2. The number of hydrogen-bond donors (Lipinski definition) is 2. The average molecular weight is 526 g/mol. The molecule has 1 heterocycles. The van der Waals surface area contributed by atoms with Gasteiger partial charge in [0, 0.05) is 23.3 Å². The standard InChI is InChI=1S/C25H20ClN3O6S/c26-22-20(36-19-11-4-3-10-18(19)29(34)35)12-16-21(22)14-7-5-8-15(25(30)31)24(14)27-23(16)13-6-1-2-9-17(13)28(32)33/h1-11,16,20-23,27H,12H2,(H,30,31)/t16-,20+,21+,22+,23-/m1/s1. The Hall–Kier alpha value is -3.63. The van der Waals surface area contributed by atoms with Crippen LogP contribution in [0.15, 0.2) is 71.6 Å². The maximum absolute atomic E-state index is 12.0. The molecule has 5 atom stereocenters. The van der Waals surface area contributed by atoms with Gasteiger partial charge in [0.1, 0.15) is 0 Å². The molecule has 1 aliphatic heterocycles. The zero-order chi connectivity index (χ0) is 25.6. The fourth-order valence-electron chi connectivity index (χ4n) is 5.42. The van der Waals surface area contributed by atoms with Crippen molar-refractivity contribution in [1.29, 1.82) is 0 Å². The van der Waals surface area contributed by atoms with Crippen LogP contribution >= 0.6 is 23.4 Å². The summed E-state index contributed by atoms with van der Waals surface area (Å²) in [5, 5.41) is 35.8. The minimum Gasteiger partial charge on any atom is -0.478 e. The maximum Gasteiger partial charge on any atom is 0.337 e. The van der Waals surface area contributed by atoms with Crippen LogP contribution in [0.5, 0.6) is 0 Å². The molecule has 0 saturated heterocycles. The van der Waals surface area contributed by atoms with E-state index in [2.05, 4.69) is 5.32 Å². The van der Waals surface area contributed by atoms with Gasteiger partial charge in [0.15, 0.2) is 0 Å². The number of alkyl halides is 1. The van der Waals surface area contributed by atoms with Gasteiger partial charge in [-0.15, -0.1) is 23.4 Å². The van der Waals surface area contributed by atoms with Crippen molar-refractivity contribution in [3.05, 3.63) is 104 Å². The van der Waals surface area contributed by atoms with E-state index in [1.165, 1.54) is 30.0 Å². The quantitative estimate of drug-likeness (QED) is 0.219. The van der Waals surface area contributed by atoms with Crippen LogP contribution < -0.4 is 5.32 Å². The topological polar surface area (TPSA) is 136 Å². The van der Waals surface area contributed by atoms with Crippen molar-refractivity contribution in [3.63, 3.8) is 0 Å². The fraction of sp³-hybridized carbons (Fsp3) is 0.240. The lowest BCUT2D eigenvalue weighted by Crippen LogP contribution is -2.32. The zero-order valence-corrected chi connectivity index (χ0v) is 20.2. The Bertz CT molecular complexity index is 1390. The van der Waals surface area contributed by atoms with Crippen molar-refractivity contribution in [3.8, 4) is 0 Å². The van der Waals surface area contributed by atoms with E-state index in [9.17, 15) is 30.1 Å². The van der Waals surface area contributed by atoms with Crippen molar-refractivity contribution in [2.24, 2.45) is 5.92 Å². The second-order valence-corrected chi connectivity index (χ2v) is 10.5. The molecular formula is C25H20ClN3O6S. The smallest absolute Gasteiger partial charge is 0.337 e. The molecule has 0 aromatic heterocycles. The number of aromatic carboxylic acids is 1. The highest BCUT2D eigenvalue weighted by Crippen LogP contribution is 2.59. The number of carbonyl (C=O) groups is 1. The van der Waals surface area contributed by atoms with Crippen LogP contribution in [0, 0.1) is 26.1 Å². The van der Waals surface area contributed by atoms with Crippen molar-refractivity contribution in [2.75, 3.05) is 5.32 Å². The van der Waals surface area contributed by atoms with E-state index >= 15 is 0 Å². The van der Waals surface area contributed by atoms with Crippen LogP contribution in [0.1, 0.15) is 39.9 Å². The molecule has 3 aromatic carbocycles. The second-order valence-electron chi connectivity index (χ2n) is 8.76. The molecule has 2 aliphatic rings. The molecule has 11 heteroatoms. The summed E-state index contributed by atoms with van der Waals surface area (Å²) >= 11 is 8.37. The average Bonchev–Trinajstić information content (AvgIpc) is 3.19. The van der Waals surface area contributed by atoms with Gasteiger partial charge in [-0.05, 0) is 30.0 Å². The van der Waals surface area contributed by atoms with Crippen LogP contribution in [0.2, 0.25) is 0 Å². The Morgan fingerprint density at radius 3 is 2.28 bits per heavy atom. The molecule has 1 aliphatic carbocycles. The largest absolute Gasteiger partial charge is 0.478 e. The summed E-state index contributed by atoms with van der Waals surface area (Å²) in [5.41, 5.74) is 1.57. The van der Waals surface area contributed by atoms with Crippen molar-refractivity contribution >= 4 is 46.4 Å². The fourth-order valence-corrected chi connectivity index (χ4v) is 7.36. The number of nitro groups is 2. The van der Waals surface area contributed by atoms with Gasteiger partial charge >= 0.3 is 5.97 Å². The van der Waals surface area contributed by atoms with E-state index in [0.29, 0.717) is 22.6 Å². The lowest BCUT2D eigenvalue weighted by atomic mass is 9.76. The molecular weight excluding hydrogens is 506 g/mol. The molecule has 0 spiro atoms. The number of carboxylic acids is 1. The Kier molecular flexibility index (Phi) is 6.31. The number of thioether (sulfide) groups is 1. The van der Waals surface area contributed by atoms with Gasteiger partial charge in [0.2, 0.25) is 0 Å². The molecule has 2 N–H and O–H groups in total. The third-order valence-electron chi connectivity index (χ3n) is 6.89. The Labute approximate surface area is 214 Å². The monoisotopic (exact) mass is 525 g/mol. The van der Waals surface area contributed by atoms with Gasteiger partial charge in [-0.2, -0.15) is 0 Å². The van der Waals surface area contributed by atoms with Crippen LogP contribution in [-0.4, -0.2) is 31.5 Å². The highest BCUT2D eigenvalue weighted by Gasteiger charge is 2.52. The Morgan fingerprint density at radius 1 is 0.944 bits per heavy atom. The van der Waals surface area contributed by atoms with Gasteiger partial charge in [0.05, 0.1) is 43.0 Å². The number of nitro benzene ring substituents is 2. The molecule has 9 nitrogen and oxygen atoms in total. The van der Waals surface area contributed by atoms with Crippen molar-refractivity contribution < 1.29 is 19.7 Å². The van der Waals surface area contributed by atoms with E-state index in [-0.39, 0.29) is 34.0 Å². The highest BCUT2D eigenvalue weighted by atomic mass is 35.5. The summed E-state index contributed by atoms with van der Waals surface area (Å²) in [7, 11) is 0. The van der Waals surface area contributed by atoms with Crippen LogP contribution in [0.25, 0.3) is 0 Å². The van der Waals surface area contributed by atoms with Gasteiger partial charge in [-0.25, -0.2) is 4.79 Å². The molecule has 184 valence electrons. The van der Waals surface area contributed by atoms with E-state index in [0.717, 1.165) is 5.56 Å². The minimum atomic E-state index is -1.12. The number of carboxylic acid groups (broad SMARTS) is 1. The summed E-state index contributed by atoms with van der Waals surface area (Å²) in [6, 6.07) is 17.3. The van der Waals surface area contributed by atoms with Crippen LogP contribution in [0.3, 0.4) is 0 Å². The van der Waals surface area contributed by atoms with Gasteiger partial charge < -0.3 is 10.4 Å². The molecule has 5 rings (SSSR count). The predicted octanol–water partition coefficient (Wildman–Crippen LogP) is 6.24. The van der Waals surface area contributed by atoms with E-state index in [1.54, 1.807) is 42.5 Å². The third kappa shape index (κ3) is 4.06. The van der Waals surface area contributed by atoms with Crippen LogP contribution in [0.4, 0.5) is 17.1 Å². The van der Waals surface area contributed by atoms with E-state index in [1.807, 2.05) is 6.07 Å². The first kappa shape index (κ1) is 24.1. The number of benzene rings is 3. The zero-order valence-electron chi connectivity index (χ0n) is 18.6. The molecule has 0 amide bonds. The Morgan fingerprint density at radius 2 is 1.58 bits per heavy atom. The molecule has 36 heavy (non-hydrogen) atoms. The van der Waals surface area contributed by atoms with Crippen molar-refractivity contribution in [2.45, 2.75) is 33.9 Å². The number of nitrogens with one attached hydrogen (secondary N) is 1. The second kappa shape index (κ2) is 9.44. The molecule has 0 radical (unpaired) electrons. The molecule has 0 bridgehead atoms. The van der Waals surface area contributed by atoms with Gasteiger partial charge in [-0.3, -0.25) is 20.2 Å². The molecule has 3 aromatic rings. The number of anilines is 1. The normalized spacial score (nSPS) is 24.3. The lowest BCUT2D eigenvalue weighted by Gasteiger charge is -2.38. The summed E-state index contributed by atoms with van der Waals surface area (Å²) < 4.78 is 0. The van der Waals surface area contributed by atoms with E-state index in [4.69, 9.17) is 11.6 Å². The van der Waals surface area contributed by atoms with Gasteiger partial charge in [0.25, 0.3) is 11.4 Å². The number of nitrogens with zero attached hydrogens (tertiary/aromatic N) is 2.